The molecule has 1 N–H and O–H groups in total. The first kappa shape index (κ1) is 15.9. The van der Waals surface area contributed by atoms with Gasteiger partial charge in [0.25, 0.3) is 0 Å². The molecule has 1 atom stereocenters. The molecule has 0 aromatic rings. The van der Waals surface area contributed by atoms with Crippen LogP contribution in [-0.4, -0.2) is 50.8 Å². The molecule has 0 fully saturated rings. The quantitative estimate of drug-likeness (QED) is 0.582. The van der Waals surface area contributed by atoms with E-state index in [1.807, 2.05) is 7.05 Å². The molecule has 0 radical (unpaired) electrons. The zero-order valence-corrected chi connectivity index (χ0v) is 11.8. The third kappa shape index (κ3) is 7.20. The Morgan fingerprint density at radius 1 is 1.25 bits per heavy atom. The van der Waals surface area contributed by atoms with Crippen molar-refractivity contribution >= 4 is 0 Å². The Balaban J connectivity index is 3.98. The topological polar surface area (TPSA) is 24.5 Å². The van der Waals surface area contributed by atoms with E-state index in [0.717, 1.165) is 13.2 Å². The van der Waals surface area contributed by atoms with Crippen LogP contribution in [0.3, 0.4) is 0 Å². The van der Waals surface area contributed by atoms with Crippen LogP contribution >= 0.6 is 0 Å². The number of nitrogens with zero attached hydrogens (tertiary/aromatic N) is 1. The first-order valence-electron chi connectivity index (χ1n) is 6.55. The van der Waals surface area contributed by atoms with E-state index in [0.29, 0.717) is 12.1 Å². The molecular weight excluding hydrogens is 200 g/mol. The summed E-state index contributed by atoms with van der Waals surface area (Å²) in [5.74, 6) is 0. The third-order valence-electron chi connectivity index (χ3n) is 3.01. The molecular formula is C13H30N2O. The highest BCUT2D eigenvalue weighted by molar-refractivity contribution is 4.72. The van der Waals surface area contributed by atoms with Crippen molar-refractivity contribution in [3.63, 3.8) is 0 Å². The summed E-state index contributed by atoms with van der Waals surface area (Å²) >= 11 is 0. The lowest BCUT2D eigenvalue weighted by atomic mass is 10.2. The maximum atomic E-state index is 5.21. The number of rotatable bonds is 10. The number of unbranched alkanes of at least 4 members (excludes halogenated alkanes) is 2. The molecule has 3 nitrogen and oxygen atoms in total. The summed E-state index contributed by atoms with van der Waals surface area (Å²) in [7, 11) is 3.77. The van der Waals surface area contributed by atoms with E-state index >= 15 is 0 Å². The third-order valence-corrected chi connectivity index (χ3v) is 3.01. The smallest absolute Gasteiger partial charge is 0.0628 e. The number of hydrogen-bond acceptors (Lipinski definition) is 3. The second-order valence-corrected chi connectivity index (χ2v) is 4.74. The number of ether oxygens (including phenoxy) is 1. The molecule has 0 aromatic carbocycles. The lowest BCUT2D eigenvalue weighted by molar-refractivity contribution is 0.127. The molecule has 0 rings (SSSR count). The Bertz CT molecular complexity index is 151. The highest BCUT2D eigenvalue weighted by atomic mass is 16.5. The lowest BCUT2D eigenvalue weighted by Gasteiger charge is -2.30. The predicted molar refractivity (Wildman–Crippen MR) is 71.0 cm³/mol. The standard InChI is InChI=1S/C13H30N2O/c1-6-7-8-9-15(12(2)3)10-13(14-4)11-16-5/h12-14H,6-11H2,1-5H3. The largest absolute Gasteiger partial charge is 0.383 e. The molecule has 3 heteroatoms. The van der Waals surface area contributed by atoms with Gasteiger partial charge in [-0.05, 0) is 33.9 Å². The Hall–Kier alpha value is -0.120. The summed E-state index contributed by atoms with van der Waals surface area (Å²) in [5, 5.41) is 3.31. The molecule has 16 heavy (non-hydrogen) atoms. The van der Waals surface area contributed by atoms with Gasteiger partial charge in [-0.1, -0.05) is 19.8 Å². The maximum absolute atomic E-state index is 5.21. The Kier molecular flexibility index (Phi) is 9.99. The molecule has 0 aliphatic rings. The molecule has 0 bridgehead atoms. The highest BCUT2D eigenvalue weighted by Gasteiger charge is 2.14. The molecule has 0 saturated heterocycles. The monoisotopic (exact) mass is 230 g/mol. The fourth-order valence-corrected chi connectivity index (χ4v) is 1.84. The lowest BCUT2D eigenvalue weighted by Crippen LogP contribution is -2.45. The van der Waals surface area contributed by atoms with Gasteiger partial charge in [0.1, 0.15) is 0 Å². The maximum Gasteiger partial charge on any atom is 0.0628 e. The van der Waals surface area contributed by atoms with E-state index in [1.165, 1.54) is 25.8 Å². The molecule has 0 aromatic heterocycles. The minimum absolute atomic E-state index is 0.439. The van der Waals surface area contributed by atoms with Crippen molar-refractivity contribution in [2.75, 3.05) is 33.9 Å². The summed E-state index contributed by atoms with van der Waals surface area (Å²) < 4.78 is 5.21. The van der Waals surface area contributed by atoms with Gasteiger partial charge in [0, 0.05) is 25.7 Å². The van der Waals surface area contributed by atoms with Crippen molar-refractivity contribution in [3.05, 3.63) is 0 Å². The fraction of sp³-hybridized carbons (Fsp3) is 1.00. The van der Waals surface area contributed by atoms with Crippen LogP contribution in [0.5, 0.6) is 0 Å². The first-order chi connectivity index (χ1) is 7.65. The Morgan fingerprint density at radius 2 is 1.94 bits per heavy atom. The summed E-state index contributed by atoms with van der Waals surface area (Å²) in [5.41, 5.74) is 0. The number of nitrogens with one attached hydrogen (secondary N) is 1. The molecule has 0 saturated carbocycles. The van der Waals surface area contributed by atoms with Crippen LogP contribution in [0, 0.1) is 0 Å². The number of methoxy groups -OCH3 is 1. The van der Waals surface area contributed by atoms with E-state index < -0.39 is 0 Å². The summed E-state index contributed by atoms with van der Waals surface area (Å²) in [6.07, 6.45) is 3.93. The Labute approximate surface area is 102 Å². The molecule has 0 heterocycles. The SMILES string of the molecule is CCCCCN(CC(COC)NC)C(C)C. The molecule has 0 spiro atoms. The van der Waals surface area contributed by atoms with E-state index in [1.54, 1.807) is 7.11 Å². The van der Waals surface area contributed by atoms with Crippen molar-refractivity contribution < 1.29 is 4.74 Å². The minimum atomic E-state index is 0.439. The predicted octanol–water partition coefficient (Wildman–Crippen LogP) is 2.12. The minimum Gasteiger partial charge on any atom is -0.383 e. The van der Waals surface area contributed by atoms with Crippen molar-refractivity contribution in [1.82, 2.24) is 10.2 Å². The average molecular weight is 230 g/mol. The molecule has 98 valence electrons. The number of hydrogen-bond donors (Lipinski definition) is 1. The van der Waals surface area contributed by atoms with Gasteiger partial charge in [0.2, 0.25) is 0 Å². The van der Waals surface area contributed by atoms with Gasteiger partial charge in [0.15, 0.2) is 0 Å². The van der Waals surface area contributed by atoms with Gasteiger partial charge >= 0.3 is 0 Å². The van der Waals surface area contributed by atoms with E-state index in [2.05, 4.69) is 31.0 Å². The first-order valence-corrected chi connectivity index (χ1v) is 6.55. The van der Waals surface area contributed by atoms with Crippen LogP contribution in [0.25, 0.3) is 0 Å². The van der Waals surface area contributed by atoms with Crippen LogP contribution in [0.15, 0.2) is 0 Å². The zero-order valence-electron chi connectivity index (χ0n) is 11.8. The van der Waals surface area contributed by atoms with Crippen LogP contribution < -0.4 is 5.32 Å². The zero-order chi connectivity index (χ0) is 12.4. The molecule has 1 unspecified atom stereocenters. The highest BCUT2D eigenvalue weighted by Crippen LogP contribution is 2.04. The van der Waals surface area contributed by atoms with Crippen molar-refractivity contribution in [2.45, 2.75) is 52.1 Å². The molecule has 0 amide bonds. The summed E-state index contributed by atoms with van der Waals surface area (Å²) in [6.45, 7) is 9.85. The second-order valence-electron chi connectivity index (χ2n) is 4.74. The van der Waals surface area contributed by atoms with Crippen LogP contribution in [0.2, 0.25) is 0 Å². The van der Waals surface area contributed by atoms with E-state index in [9.17, 15) is 0 Å². The van der Waals surface area contributed by atoms with Crippen LogP contribution in [0.1, 0.15) is 40.0 Å². The Morgan fingerprint density at radius 3 is 2.38 bits per heavy atom. The van der Waals surface area contributed by atoms with Gasteiger partial charge in [-0.3, -0.25) is 4.90 Å². The van der Waals surface area contributed by atoms with Crippen LogP contribution in [0.4, 0.5) is 0 Å². The van der Waals surface area contributed by atoms with Gasteiger partial charge < -0.3 is 10.1 Å². The second kappa shape index (κ2) is 10.1. The van der Waals surface area contributed by atoms with Gasteiger partial charge in [0.05, 0.1) is 6.61 Å². The summed E-state index contributed by atoms with van der Waals surface area (Å²) in [4.78, 5) is 2.54. The van der Waals surface area contributed by atoms with Gasteiger partial charge in [-0.2, -0.15) is 0 Å². The average Bonchev–Trinajstić information content (AvgIpc) is 2.26. The molecule has 0 aliphatic carbocycles. The van der Waals surface area contributed by atoms with Crippen molar-refractivity contribution in [3.8, 4) is 0 Å². The van der Waals surface area contributed by atoms with Gasteiger partial charge in [-0.25, -0.2) is 0 Å². The molecule has 0 aliphatic heterocycles. The van der Waals surface area contributed by atoms with Crippen LogP contribution in [-0.2, 0) is 4.74 Å². The normalized spacial score (nSPS) is 13.7. The van der Waals surface area contributed by atoms with Crippen molar-refractivity contribution in [2.24, 2.45) is 0 Å². The van der Waals surface area contributed by atoms with Crippen molar-refractivity contribution in [1.29, 1.82) is 0 Å². The summed E-state index contributed by atoms with van der Waals surface area (Å²) in [6, 6.07) is 1.05. The number of likely N-dealkylation sites (N-methyl/N-ethyl adjacent to an activating group) is 1. The van der Waals surface area contributed by atoms with E-state index in [-0.39, 0.29) is 0 Å². The fourth-order valence-electron chi connectivity index (χ4n) is 1.84. The van der Waals surface area contributed by atoms with Gasteiger partial charge in [-0.15, -0.1) is 0 Å². The van der Waals surface area contributed by atoms with E-state index in [4.69, 9.17) is 4.74 Å².